The highest BCUT2D eigenvalue weighted by atomic mass is 16.3. The Morgan fingerprint density at radius 3 is 2.50 bits per heavy atom. The fourth-order valence-corrected chi connectivity index (χ4v) is 2.30. The maximum Gasteiger partial charge on any atom is 0.287 e. The molecule has 1 aromatic carbocycles. The first kappa shape index (κ1) is 14.5. The van der Waals surface area contributed by atoms with E-state index in [1.165, 1.54) is 6.92 Å². The molecule has 1 saturated heterocycles. The number of rotatable bonds is 5. The summed E-state index contributed by atoms with van der Waals surface area (Å²) in [5.41, 5.74) is 1.50. The molecule has 5 heteroatoms. The minimum atomic E-state index is -0.196. The van der Waals surface area contributed by atoms with Crippen LogP contribution in [-0.4, -0.2) is 31.3 Å². The first-order chi connectivity index (χ1) is 10.6. The van der Waals surface area contributed by atoms with E-state index in [-0.39, 0.29) is 11.7 Å². The van der Waals surface area contributed by atoms with Crippen molar-refractivity contribution < 1.29 is 14.0 Å². The lowest BCUT2D eigenvalue weighted by molar-refractivity contribution is 0.0914. The first-order valence-electron chi connectivity index (χ1n) is 7.33. The summed E-state index contributed by atoms with van der Waals surface area (Å²) in [5, 5.41) is 6.04. The first-order valence-corrected chi connectivity index (χ1v) is 7.33. The third-order valence-corrected chi connectivity index (χ3v) is 3.82. The summed E-state index contributed by atoms with van der Waals surface area (Å²) in [4.78, 5) is 23.3. The second-order valence-electron chi connectivity index (χ2n) is 5.53. The number of carbonyl (C=O) groups is 2. The number of furan rings is 1. The molecule has 2 aromatic rings. The predicted molar refractivity (Wildman–Crippen MR) is 82.8 cm³/mol. The summed E-state index contributed by atoms with van der Waals surface area (Å²) in [6.45, 7) is 4.09. The fraction of sp³-hybridized carbons (Fsp3) is 0.294. The van der Waals surface area contributed by atoms with Crippen LogP contribution in [0, 0.1) is 5.92 Å². The zero-order chi connectivity index (χ0) is 15.5. The Balaban J connectivity index is 1.66. The van der Waals surface area contributed by atoms with E-state index in [2.05, 4.69) is 10.6 Å². The van der Waals surface area contributed by atoms with Crippen molar-refractivity contribution in [2.45, 2.75) is 6.92 Å². The van der Waals surface area contributed by atoms with Gasteiger partial charge in [-0.25, -0.2) is 0 Å². The average molecular weight is 298 g/mol. The predicted octanol–water partition coefficient (Wildman–Crippen LogP) is 2.10. The molecule has 114 valence electrons. The van der Waals surface area contributed by atoms with Gasteiger partial charge in [-0.3, -0.25) is 9.59 Å². The van der Waals surface area contributed by atoms with Crippen molar-refractivity contribution in [3.8, 4) is 11.3 Å². The molecule has 0 radical (unpaired) electrons. The van der Waals surface area contributed by atoms with Gasteiger partial charge in [0.2, 0.25) is 0 Å². The monoisotopic (exact) mass is 298 g/mol. The van der Waals surface area contributed by atoms with Crippen molar-refractivity contribution in [2.24, 2.45) is 5.92 Å². The quantitative estimate of drug-likeness (QED) is 0.829. The molecule has 1 fully saturated rings. The van der Waals surface area contributed by atoms with Crippen LogP contribution in [0.4, 0.5) is 0 Å². The van der Waals surface area contributed by atoms with Crippen LogP contribution in [0.3, 0.4) is 0 Å². The zero-order valence-electron chi connectivity index (χ0n) is 12.4. The Morgan fingerprint density at radius 1 is 1.18 bits per heavy atom. The van der Waals surface area contributed by atoms with Crippen LogP contribution in [0.1, 0.15) is 27.8 Å². The molecular weight excluding hydrogens is 280 g/mol. The van der Waals surface area contributed by atoms with Gasteiger partial charge in [0.15, 0.2) is 11.5 Å². The highest BCUT2D eigenvalue weighted by molar-refractivity contribution is 5.94. The number of nitrogens with one attached hydrogen (secondary N) is 2. The molecule has 3 rings (SSSR count). The van der Waals surface area contributed by atoms with Crippen LogP contribution < -0.4 is 10.6 Å². The molecule has 2 N–H and O–H groups in total. The maximum absolute atomic E-state index is 12.0. The van der Waals surface area contributed by atoms with Gasteiger partial charge in [0.1, 0.15) is 5.76 Å². The molecule has 0 aliphatic carbocycles. The molecule has 1 aromatic heterocycles. The summed E-state index contributed by atoms with van der Waals surface area (Å²) < 4.78 is 5.60. The largest absolute Gasteiger partial charge is 0.451 e. The van der Waals surface area contributed by atoms with Gasteiger partial charge in [-0.15, -0.1) is 0 Å². The van der Waals surface area contributed by atoms with E-state index in [1.807, 2.05) is 12.1 Å². The van der Waals surface area contributed by atoms with Crippen LogP contribution in [0.5, 0.6) is 0 Å². The number of ketones is 1. The van der Waals surface area contributed by atoms with Crippen molar-refractivity contribution in [1.82, 2.24) is 10.6 Å². The Labute approximate surface area is 128 Å². The Bertz CT molecular complexity index is 684. The van der Waals surface area contributed by atoms with Gasteiger partial charge in [0.05, 0.1) is 0 Å². The van der Waals surface area contributed by atoms with Gasteiger partial charge in [-0.1, -0.05) is 24.3 Å². The molecule has 0 saturated carbocycles. The SMILES string of the molecule is CC(=O)c1ccc(-c2ccc(C(=O)NCC3CNC3)o2)cc1. The van der Waals surface area contributed by atoms with Gasteiger partial charge < -0.3 is 15.1 Å². The molecule has 1 aliphatic rings. The van der Waals surface area contributed by atoms with Crippen LogP contribution in [-0.2, 0) is 0 Å². The lowest BCUT2D eigenvalue weighted by Crippen LogP contribution is -2.48. The number of amides is 1. The van der Waals surface area contributed by atoms with E-state index in [1.54, 1.807) is 24.3 Å². The molecule has 5 nitrogen and oxygen atoms in total. The molecule has 0 unspecified atom stereocenters. The third-order valence-electron chi connectivity index (χ3n) is 3.82. The van der Waals surface area contributed by atoms with E-state index in [9.17, 15) is 9.59 Å². The van der Waals surface area contributed by atoms with Gasteiger partial charge in [-0.05, 0) is 19.1 Å². The summed E-state index contributed by atoms with van der Waals surface area (Å²) in [6.07, 6.45) is 0. The van der Waals surface area contributed by atoms with Crippen molar-refractivity contribution in [2.75, 3.05) is 19.6 Å². The van der Waals surface area contributed by atoms with Crippen molar-refractivity contribution in [3.63, 3.8) is 0 Å². The van der Waals surface area contributed by atoms with Crippen LogP contribution in [0.2, 0.25) is 0 Å². The van der Waals surface area contributed by atoms with Gasteiger partial charge in [-0.2, -0.15) is 0 Å². The van der Waals surface area contributed by atoms with Crippen molar-refractivity contribution in [3.05, 3.63) is 47.7 Å². The standard InChI is InChI=1S/C17H18N2O3/c1-11(20)13-2-4-14(5-3-13)15-6-7-16(22-15)17(21)19-10-12-8-18-9-12/h2-7,12,18H,8-10H2,1H3,(H,19,21). The molecule has 1 aliphatic heterocycles. The number of hydrogen-bond donors (Lipinski definition) is 2. The van der Waals surface area contributed by atoms with E-state index >= 15 is 0 Å². The molecule has 1 amide bonds. The Hall–Kier alpha value is -2.40. The van der Waals surface area contributed by atoms with Crippen LogP contribution in [0.15, 0.2) is 40.8 Å². The number of hydrogen-bond acceptors (Lipinski definition) is 4. The highest BCUT2D eigenvalue weighted by Gasteiger charge is 2.19. The Kier molecular flexibility index (Phi) is 4.06. The topological polar surface area (TPSA) is 71.3 Å². The lowest BCUT2D eigenvalue weighted by atomic mass is 10.0. The van der Waals surface area contributed by atoms with Gasteiger partial charge in [0, 0.05) is 36.7 Å². The van der Waals surface area contributed by atoms with Crippen molar-refractivity contribution in [1.29, 1.82) is 0 Å². The van der Waals surface area contributed by atoms with Gasteiger partial charge >= 0.3 is 0 Å². The molecule has 0 atom stereocenters. The molecular formula is C17H18N2O3. The smallest absolute Gasteiger partial charge is 0.287 e. The third kappa shape index (κ3) is 3.09. The Morgan fingerprint density at radius 2 is 1.91 bits per heavy atom. The average Bonchev–Trinajstić information content (AvgIpc) is 2.95. The molecule has 2 heterocycles. The number of benzene rings is 1. The van der Waals surface area contributed by atoms with E-state index in [0.29, 0.717) is 29.5 Å². The summed E-state index contributed by atoms with van der Waals surface area (Å²) >= 11 is 0. The lowest BCUT2D eigenvalue weighted by Gasteiger charge is -2.26. The van der Waals surface area contributed by atoms with E-state index in [4.69, 9.17) is 4.42 Å². The normalized spacial score (nSPS) is 14.4. The van der Waals surface area contributed by atoms with Crippen LogP contribution in [0.25, 0.3) is 11.3 Å². The molecule has 22 heavy (non-hydrogen) atoms. The summed E-state index contributed by atoms with van der Waals surface area (Å²) in [5.74, 6) is 1.26. The zero-order valence-corrected chi connectivity index (χ0v) is 12.4. The number of carbonyl (C=O) groups excluding carboxylic acids is 2. The van der Waals surface area contributed by atoms with Crippen molar-refractivity contribution >= 4 is 11.7 Å². The second kappa shape index (κ2) is 6.15. The fourth-order valence-electron chi connectivity index (χ4n) is 2.30. The maximum atomic E-state index is 12.0. The minimum Gasteiger partial charge on any atom is -0.451 e. The highest BCUT2D eigenvalue weighted by Crippen LogP contribution is 2.22. The molecule has 0 spiro atoms. The van der Waals surface area contributed by atoms with Gasteiger partial charge in [0.25, 0.3) is 5.91 Å². The number of Topliss-reactive ketones (excluding diaryl/α,β-unsaturated/α-hetero) is 1. The summed E-state index contributed by atoms with van der Waals surface area (Å²) in [6, 6.07) is 10.6. The minimum absolute atomic E-state index is 0.0246. The van der Waals surface area contributed by atoms with E-state index in [0.717, 1.165) is 18.7 Å². The molecule has 0 bridgehead atoms. The van der Waals surface area contributed by atoms with Crippen LogP contribution >= 0.6 is 0 Å². The summed E-state index contributed by atoms with van der Waals surface area (Å²) in [7, 11) is 0. The van der Waals surface area contributed by atoms with E-state index < -0.39 is 0 Å². The second-order valence-corrected chi connectivity index (χ2v) is 5.53.